The molecular formula is C9H11BrClN3S. The average Bonchev–Trinajstić information content (AvgIpc) is 2.60. The molecule has 0 spiro atoms. The van der Waals surface area contributed by atoms with Gasteiger partial charge in [-0.2, -0.15) is 11.8 Å². The van der Waals surface area contributed by atoms with Crippen molar-refractivity contribution in [2.24, 2.45) is 0 Å². The fourth-order valence-electron chi connectivity index (χ4n) is 1.55. The maximum atomic E-state index is 5.89. The molecule has 2 rings (SSSR count). The van der Waals surface area contributed by atoms with E-state index in [1.807, 2.05) is 11.8 Å². The monoisotopic (exact) mass is 307 g/mol. The van der Waals surface area contributed by atoms with E-state index in [-0.39, 0.29) is 0 Å². The first kappa shape index (κ1) is 11.5. The molecular weight excluding hydrogens is 298 g/mol. The summed E-state index contributed by atoms with van der Waals surface area (Å²) in [6.07, 6.45) is 2.64. The average molecular weight is 309 g/mol. The number of nitrogens with one attached hydrogen (secondary N) is 1. The molecule has 2 unspecified atom stereocenters. The van der Waals surface area contributed by atoms with Gasteiger partial charge in [0, 0.05) is 11.3 Å². The van der Waals surface area contributed by atoms with Crippen molar-refractivity contribution in [2.45, 2.75) is 24.6 Å². The smallest absolute Gasteiger partial charge is 0.148 e. The fourth-order valence-corrected chi connectivity index (χ4v) is 3.20. The molecule has 3 nitrogen and oxygen atoms in total. The minimum absolute atomic E-state index is 0.450. The van der Waals surface area contributed by atoms with E-state index in [1.165, 1.54) is 18.5 Å². The third kappa shape index (κ3) is 2.57. The van der Waals surface area contributed by atoms with Gasteiger partial charge in [0.1, 0.15) is 17.3 Å². The maximum Gasteiger partial charge on any atom is 0.148 e. The number of hydrogen-bond donors (Lipinski definition) is 1. The van der Waals surface area contributed by atoms with Gasteiger partial charge in [-0.15, -0.1) is 0 Å². The lowest BCUT2D eigenvalue weighted by molar-refractivity contribution is 0.719. The molecule has 15 heavy (non-hydrogen) atoms. The Morgan fingerprint density at radius 3 is 3.07 bits per heavy atom. The number of nitrogens with zero attached hydrogens (tertiary/aromatic N) is 2. The van der Waals surface area contributed by atoms with E-state index in [0.29, 0.717) is 16.4 Å². The molecule has 0 radical (unpaired) electrons. The van der Waals surface area contributed by atoms with Gasteiger partial charge in [0.05, 0.1) is 4.47 Å². The number of halogens is 2. The van der Waals surface area contributed by atoms with Gasteiger partial charge in [-0.25, -0.2) is 9.97 Å². The molecule has 82 valence electrons. The Morgan fingerprint density at radius 2 is 2.40 bits per heavy atom. The van der Waals surface area contributed by atoms with Gasteiger partial charge in [0.2, 0.25) is 0 Å². The van der Waals surface area contributed by atoms with Crippen molar-refractivity contribution in [1.29, 1.82) is 0 Å². The first-order chi connectivity index (χ1) is 7.18. The van der Waals surface area contributed by atoms with E-state index < -0.39 is 0 Å². The fraction of sp³-hybridized carbons (Fsp3) is 0.556. The summed E-state index contributed by atoms with van der Waals surface area (Å²) < 4.78 is 0.746. The Kier molecular flexibility index (Phi) is 3.74. The van der Waals surface area contributed by atoms with Crippen molar-refractivity contribution in [2.75, 3.05) is 11.1 Å². The highest BCUT2D eigenvalue weighted by molar-refractivity contribution is 9.10. The summed E-state index contributed by atoms with van der Waals surface area (Å²) in [6.45, 7) is 2.23. The van der Waals surface area contributed by atoms with Crippen LogP contribution >= 0.6 is 39.3 Å². The Hall–Kier alpha value is -0.0000000000000000555. The molecule has 1 aliphatic rings. The highest BCUT2D eigenvalue weighted by Gasteiger charge is 2.24. The van der Waals surface area contributed by atoms with E-state index in [2.05, 4.69) is 38.1 Å². The lowest BCUT2D eigenvalue weighted by Gasteiger charge is -2.17. The Morgan fingerprint density at radius 1 is 1.60 bits per heavy atom. The molecule has 1 aliphatic heterocycles. The van der Waals surface area contributed by atoms with E-state index in [4.69, 9.17) is 11.6 Å². The molecule has 0 aromatic carbocycles. The van der Waals surface area contributed by atoms with E-state index >= 15 is 0 Å². The molecule has 1 aromatic rings. The summed E-state index contributed by atoms with van der Waals surface area (Å²) in [5.74, 6) is 1.99. The molecule has 1 N–H and O–H groups in total. The topological polar surface area (TPSA) is 37.8 Å². The number of aromatic nitrogens is 2. The van der Waals surface area contributed by atoms with Gasteiger partial charge >= 0.3 is 0 Å². The highest BCUT2D eigenvalue weighted by atomic mass is 79.9. The van der Waals surface area contributed by atoms with Gasteiger partial charge in [-0.3, -0.25) is 0 Å². The standard InChI is InChI=1S/C9H11BrClN3S/c1-5-6(2-3-15-5)14-9-7(10)8(11)12-4-13-9/h4-6H,2-3H2,1H3,(H,12,13,14). The van der Waals surface area contributed by atoms with Crippen LogP contribution < -0.4 is 5.32 Å². The van der Waals surface area contributed by atoms with Crippen molar-refractivity contribution in [3.05, 3.63) is 16.0 Å². The van der Waals surface area contributed by atoms with Crippen LogP contribution in [0.15, 0.2) is 10.8 Å². The molecule has 0 aliphatic carbocycles. The summed E-state index contributed by atoms with van der Waals surface area (Å²) >= 11 is 11.3. The van der Waals surface area contributed by atoms with Crippen LogP contribution in [0.4, 0.5) is 5.82 Å². The van der Waals surface area contributed by atoms with Gasteiger partial charge in [-0.1, -0.05) is 18.5 Å². The number of anilines is 1. The van der Waals surface area contributed by atoms with Crippen LogP contribution in [-0.2, 0) is 0 Å². The van der Waals surface area contributed by atoms with Gasteiger partial charge < -0.3 is 5.32 Å². The Balaban J connectivity index is 2.13. The molecule has 0 saturated carbocycles. The van der Waals surface area contributed by atoms with E-state index in [9.17, 15) is 0 Å². The minimum Gasteiger partial charge on any atom is -0.365 e. The molecule has 6 heteroatoms. The maximum absolute atomic E-state index is 5.89. The third-order valence-electron chi connectivity index (χ3n) is 2.45. The number of hydrogen-bond acceptors (Lipinski definition) is 4. The SMILES string of the molecule is CC1SCCC1Nc1ncnc(Cl)c1Br. The zero-order valence-electron chi connectivity index (χ0n) is 8.20. The quantitative estimate of drug-likeness (QED) is 0.852. The van der Waals surface area contributed by atoms with Crippen LogP contribution in [0.25, 0.3) is 0 Å². The number of thioether (sulfide) groups is 1. The van der Waals surface area contributed by atoms with Gasteiger partial charge in [0.25, 0.3) is 0 Å². The molecule has 0 amide bonds. The zero-order valence-corrected chi connectivity index (χ0v) is 11.4. The van der Waals surface area contributed by atoms with Crippen LogP contribution in [0.2, 0.25) is 5.15 Å². The molecule has 2 atom stereocenters. The van der Waals surface area contributed by atoms with Crippen molar-refractivity contribution in [3.63, 3.8) is 0 Å². The normalized spacial score (nSPS) is 25.5. The second-order valence-corrected chi connectivity index (χ2v) is 6.08. The minimum atomic E-state index is 0.450. The Bertz CT molecular complexity index is 363. The molecule has 2 heterocycles. The van der Waals surface area contributed by atoms with Crippen LogP contribution in [0.3, 0.4) is 0 Å². The Labute approximate surface area is 107 Å². The predicted molar refractivity (Wildman–Crippen MR) is 68.7 cm³/mol. The number of rotatable bonds is 2. The van der Waals surface area contributed by atoms with Gasteiger partial charge in [0.15, 0.2) is 0 Å². The second-order valence-electron chi connectivity index (χ2n) is 3.44. The molecule has 1 aromatic heterocycles. The lowest BCUT2D eigenvalue weighted by atomic mass is 10.2. The molecule has 1 saturated heterocycles. The molecule has 0 bridgehead atoms. The lowest BCUT2D eigenvalue weighted by Crippen LogP contribution is -2.25. The van der Waals surface area contributed by atoms with Crippen LogP contribution in [0, 0.1) is 0 Å². The predicted octanol–water partition coefficient (Wildman–Crippen LogP) is 3.20. The third-order valence-corrected chi connectivity index (χ3v) is 5.04. The first-order valence-electron chi connectivity index (χ1n) is 4.72. The van der Waals surface area contributed by atoms with Crippen LogP contribution in [0.5, 0.6) is 0 Å². The van der Waals surface area contributed by atoms with E-state index in [1.54, 1.807) is 0 Å². The van der Waals surface area contributed by atoms with E-state index in [0.717, 1.165) is 10.3 Å². The largest absolute Gasteiger partial charge is 0.365 e. The van der Waals surface area contributed by atoms with Crippen molar-refractivity contribution in [3.8, 4) is 0 Å². The summed E-state index contributed by atoms with van der Waals surface area (Å²) in [5.41, 5.74) is 0. The summed E-state index contributed by atoms with van der Waals surface area (Å²) in [4.78, 5) is 8.07. The summed E-state index contributed by atoms with van der Waals surface area (Å²) in [6, 6.07) is 0.470. The zero-order chi connectivity index (χ0) is 10.8. The highest BCUT2D eigenvalue weighted by Crippen LogP contribution is 2.32. The van der Waals surface area contributed by atoms with Crippen LogP contribution in [-0.4, -0.2) is 27.0 Å². The van der Waals surface area contributed by atoms with Crippen molar-refractivity contribution in [1.82, 2.24) is 9.97 Å². The first-order valence-corrected chi connectivity index (χ1v) is 6.94. The van der Waals surface area contributed by atoms with Crippen molar-refractivity contribution >= 4 is 45.1 Å². The van der Waals surface area contributed by atoms with Gasteiger partial charge in [-0.05, 0) is 28.1 Å². The molecule has 1 fully saturated rings. The van der Waals surface area contributed by atoms with Crippen LogP contribution in [0.1, 0.15) is 13.3 Å². The summed E-state index contributed by atoms with van der Waals surface area (Å²) in [5, 5.41) is 4.46. The summed E-state index contributed by atoms with van der Waals surface area (Å²) in [7, 11) is 0. The second kappa shape index (κ2) is 4.89. The van der Waals surface area contributed by atoms with Crippen molar-refractivity contribution < 1.29 is 0 Å².